The van der Waals surface area contributed by atoms with Crippen molar-refractivity contribution in [3.05, 3.63) is 68.8 Å². The second kappa shape index (κ2) is 9.96. The Labute approximate surface area is 239 Å². The fraction of sp³-hybridized carbons (Fsp3) is 0.424. The van der Waals surface area contributed by atoms with E-state index in [-0.39, 0.29) is 18.3 Å². The number of rotatable bonds is 5. The third-order valence-corrected chi connectivity index (χ3v) is 9.39. The number of aromatic nitrogens is 4. The third-order valence-electron chi connectivity index (χ3n) is 9.39. The molecule has 0 fully saturated rings. The number of aliphatic hydroxyl groups excluding tert-OH is 2. The van der Waals surface area contributed by atoms with Crippen LogP contribution in [0, 0.1) is 13.8 Å². The summed E-state index contributed by atoms with van der Waals surface area (Å²) in [4.78, 5) is 29.0. The summed E-state index contributed by atoms with van der Waals surface area (Å²) >= 11 is 0. The van der Waals surface area contributed by atoms with Crippen molar-refractivity contribution in [2.75, 3.05) is 0 Å². The number of aryl methyl sites for hydroxylation is 3. The summed E-state index contributed by atoms with van der Waals surface area (Å²) in [5.41, 5.74) is 13.8. The number of carbonyl (C=O) groups is 1. The molecule has 8 nitrogen and oxygen atoms in total. The Bertz CT molecular complexity index is 1790. The first-order valence-electron chi connectivity index (χ1n) is 14.5. The molecule has 0 saturated carbocycles. The van der Waals surface area contributed by atoms with E-state index in [1.807, 2.05) is 19.9 Å². The van der Waals surface area contributed by atoms with Gasteiger partial charge in [0.25, 0.3) is 0 Å². The molecule has 0 spiro atoms. The highest BCUT2D eigenvalue weighted by Gasteiger charge is 2.39. The normalized spacial score (nSPS) is 20.6. The van der Waals surface area contributed by atoms with Gasteiger partial charge in [0.05, 0.1) is 23.6 Å². The van der Waals surface area contributed by atoms with Crippen molar-refractivity contribution >= 4 is 39.2 Å². The van der Waals surface area contributed by atoms with Crippen molar-refractivity contribution in [2.24, 2.45) is 0 Å². The number of allylic oxidation sites excluding steroid dienone is 1. The highest BCUT2D eigenvalue weighted by atomic mass is 16.4. The first-order chi connectivity index (χ1) is 19.5. The molecule has 2 aliphatic heterocycles. The molecule has 8 bridgehead atoms. The minimum absolute atomic E-state index is 0.0270. The van der Waals surface area contributed by atoms with Crippen molar-refractivity contribution in [2.45, 2.75) is 91.3 Å². The molecule has 8 heteroatoms. The van der Waals surface area contributed by atoms with Crippen LogP contribution in [-0.4, -0.2) is 47.3 Å². The molecule has 0 amide bonds. The molecule has 1 aliphatic carbocycles. The predicted molar refractivity (Wildman–Crippen MR) is 161 cm³/mol. The van der Waals surface area contributed by atoms with E-state index in [2.05, 4.69) is 42.9 Å². The molecule has 3 aliphatic rings. The Balaban J connectivity index is 1.77. The monoisotopic (exact) mass is 554 g/mol. The number of H-pyrrole nitrogens is 2. The third kappa shape index (κ3) is 4.32. The molecule has 3 aromatic rings. The first-order valence-corrected chi connectivity index (χ1v) is 14.5. The minimum atomic E-state index is -0.835. The zero-order valence-corrected chi connectivity index (χ0v) is 24.5. The van der Waals surface area contributed by atoms with E-state index < -0.39 is 18.2 Å². The van der Waals surface area contributed by atoms with Crippen LogP contribution in [0.5, 0.6) is 0 Å². The molecule has 0 aromatic carbocycles. The van der Waals surface area contributed by atoms with Gasteiger partial charge in [0, 0.05) is 74.8 Å². The zero-order valence-electron chi connectivity index (χ0n) is 24.5. The molecule has 5 N–H and O–H groups in total. The lowest BCUT2D eigenvalue weighted by molar-refractivity contribution is -0.137. The number of carboxylic acids is 1. The molecule has 4 atom stereocenters. The van der Waals surface area contributed by atoms with Gasteiger partial charge in [-0.15, -0.1) is 0 Å². The predicted octanol–water partition coefficient (Wildman–Crippen LogP) is 6.15. The standard InChI is InChI=1S/C33H38N4O4/c1-7-19-14(2)22-13-27-30(18(6)38)16(4)24(35-27)11-23-15(3)20(8-9-29(40)41)32(36-23)21-10-28(39)31-17(5)25(37-33(21)31)12-26(19)34-22/h11-13,15,18,20,28,34-35,38-39H,7-10H2,1-6H3,(H,40,41)/t15-,18?,20-,28?/m0/s1. The summed E-state index contributed by atoms with van der Waals surface area (Å²) in [5.74, 6) is -0.971. The summed E-state index contributed by atoms with van der Waals surface area (Å²) in [6.45, 7) is 12.1. The lowest BCUT2D eigenvalue weighted by Gasteiger charge is -2.16. The number of nitrogens with zero attached hydrogens (tertiary/aromatic N) is 2. The molecule has 5 heterocycles. The van der Waals surface area contributed by atoms with Gasteiger partial charge in [-0.1, -0.05) is 13.8 Å². The number of aliphatic carboxylic acids is 1. The van der Waals surface area contributed by atoms with Crippen molar-refractivity contribution in [1.82, 2.24) is 19.9 Å². The SMILES string of the molecule is CCc1c(C)c2cc3[nH]c(cc4nc(c5c6nc(cc1[nH]2)C(C)=C6C(O)C5)[C@@H](CCC(=O)O)[C@@H]4C)c(C)c3C(C)O. The maximum Gasteiger partial charge on any atom is 0.303 e. The van der Waals surface area contributed by atoms with E-state index in [0.29, 0.717) is 12.8 Å². The Morgan fingerprint density at radius 2 is 1.76 bits per heavy atom. The molecule has 2 unspecified atom stereocenters. The second-order valence-corrected chi connectivity index (χ2v) is 11.8. The highest BCUT2D eigenvalue weighted by Crippen LogP contribution is 2.47. The maximum atomic E-state index is 11.6. The van der Waals surface area contributed by atoms with E-state index in [9.17, 15) is 20.1 Å². The maximum absolute atomic E-state index is 11.6. The summed E-state index contributed by atoms with van der Waals surface area (Å²) in [6.07, 6.45) is 0.390. The molecule has 214 valence electrons. The van der Waals surface area contributed by atoms with Crippen LogP contribution < -0.4 is 0 Å². The van der Waals surface area contributed by atoms with Gasteiger partial charge in [-0.2, -0.15) is 0 Å². The number of aromatic amines is 2. The van der Waals surface area contributed by atoms with Crippen LogP contribution in [0.4, 0.5) is 0 Å². The summed E-state index contributed by atoms with van der Waals surface area (Å²) in [7, 11) is 0. The van der Waals surface area contributed by atoms with Gasteiger partial charge < -0.3 is 25.3 Å². The lowest BCUT2D eigenvalue weighted by atomic mass is 9.85. The number of aliphatic hydroxyl groups is 2. The van der Waals surface area contributed by atoms with Crippen LogP contribution in [-0.2, 0) is 17.6 Å². The molecular formula is C33H38N4O4. The number of hydrogen-bond acceptors (Lipinski definition) is 5. The zero-order chi connectivity index (χ0) is 29.3. The summed E-state index contributed by atoms with van der Waals surface area (Å²) in [5, 5.41) is 31.5. The lowest BCUT2D eigenvalue weighted by Crippen LogP contribution is -2.09. The minimum Gasteiger partial charge on any atom is -0.481 e. The molecule has 3 aromatic heterocycles. The van der Waals surface area contributed by atoms with Gasteiger partial charge in [-0.25, -0.2) is 4.98 Å². The average molecular weight is 555 g/mol. The van der Waals surface area contributed by atoms with Crippen LogP contribution in [0.2, 0.25) is 0 Å². The Morgan fingerprint density at radius 1 is 1.05 bits per heavy atom. The quantitative estimate of drug-likeness (QED) is 0.257. The molecule has 0 saturated heterocycles. The number of hydrogen-bond donors (Lipinski definition) is 5. The Kier molecular flexibility index (Phi) is 6.66. The van der Waals surface area contributed by atoms with Crippen LogP contribution in [0.15, 0.2) is 18.2 Å². The van der Waals surface area contributed by atoms with Crippen molar-refractivity contribution < 1.29 is 20.1 Å². The molecular weight excluding hydrogens is 516 g/mol. The largest absolute Gasteiger partial charge is 0.481 e. The van der Waals surface area contributed by atoms with Gasteiger partial charge >= 0.3 is 5.97 Å². The molecule has 6 rings (SSSR count). The number of fused-ring (bicyclic) bond motifs is 8. The van der Waals surface area contributed by atoms with Gasteiger partial charge in [-0.05, 0) is 81.0 Å². The van der Waals surface area contributed by atoms with Crippen molar-refractivity contribution in [3.63, 3.8) is 0 Å². The van der Waals surface area contributed by atoms with E-state index in [1.54, 1.807) is 6.92 Å². The Hall–Kier alpha value is -3.75. The van der Waals surface area contributed by atoms with Crippen molar-refractivity contribution in [1.29, 1.82) is 0 Å². The summed E-state index contributed by atoms with van der Waals surface area (Å²) < 4.78 is 0. The van der Waals surface area contributed by atoms with Gasteiger partial charge in [0.15, 0.2) is 0 Å². The van der Waals surface area contributed by atoms with Crippen LogP contribution in [0.1, 0.15) is 109 Å². The average Bonchev–Trinajstić information content (AvgIpc) is 3.65. The van der Waals surface area contributed by atoms with E-state index >= 15 is 0 Å². The molecule has 41 heavy (non-hydrogen) atoms. The number of carboxylic acid groups (broad SMARTS) is 1. The number of nitrogens with one attached hydrogen (secondary N) is 2. The van der Waals surface area contributed by atoms with Gasteiger partial charge in [-0.3, -0.25) is 9.78 Å². The van der Waals surface area contributed by atoms with Gasteiger partial charge in [0.1, 0.15) is 0 Å². The van der Waals surface area contributed by atoms with Crippen LogP contribution in [0.25, 0.3) is 33.2 Å². The van der Waals surface area contributed by atoms with Crippen molar-refractivity contribution in [3.8, 4) is 0 Å². The first kappa shape index (κ1) is 27.4. The Morgan fingerprint density at radius 3 is 2.44 bits per heavy atom. The smallest absolute Gasteiger partial charge is 0.303 e. The second-order valence-electron chi connectivity index (χ2n) is 11.8. The summed E-state index contributed by atoms with van der Waals surface area (Å²) in [6, 6.07) is 6.18. The van der Waals surface area contributed by atoms with E-state index in [4.69, 9.17) is 9.97 Å². The highest BCUT2D eigenvalue weighted by molar-refractivity contribution is 5.96. The van der Waals surface area contributed by atoms with E-state index in [0.717, 1.165) is 84.7 Å². The van der Waals surface area contributed by atoms with Gasteiger partial charge in [0.2, 0.25) is 0 Å². The molecule has 0 radical (unpaired) electrons. The van der Waals surface area contributed by atoms with E-state index in [1.165, 1.54) is 5.56 Å². The van der Waals surface area contributed by atoms with Crippen LogP contribution in [0.3, 0.4) is 0 Å². The topological polar surface area (TPSA) is 135 Å². The van der Waals surface area contributed by atoms with Crippen LogP contribution >= 0.6 is 0 Å². The fourth-order valence-corrected chi connectivity index (χ4v) is 7.14. The fourth-order valence-electron chi connectivity index (χ4n) is 7.14.